The summed E-state index contributed by atoms with van der Waals surface area (Å²) in [7, 11) is 1.83. The van der Waals surface area contributed by atoms with Crippen LogP contribution in [-0.4, -0.2) is 25.7 Å². The first-order chi connectivity index (χ1) is 9.15. The topological polar surface area (TPSA) is 53.3 Å². The molecule has 1 aromatic carbocycles. The maximum atomic E-state index is 12.0. The summed E-state index contributed by atoms with van der Waals surface area (Å²) in [4.78, 5) is 13.8. The van der Waals surface area contributed by atoms with Gasteiger partial charge in [-0.05, 0) is 25.5 Å². The van der Waals surface area contributed by atoms with Crippen LogP contribution < -0.4 is 4.90 Å². The normalized spacial score (nSPS) is 11.5. The third-order valence-electron chi connectivity index (χ3n) is 2.99. The average molecular weight is 260 g/mol. The lowest BCUT2D eigenvalue weighted by Crippen LogP contribution is -2.40. The van der Waals surface area contributed by atoms with Crippen molar-refractivity contribution >= 4 is 11.7 Å². The average Bonchev–Trinajstić information content (AvgIpc) is 2.44. The number of rotatable bonds is 6. The monoisotopic (exact) mass is 260 g/mol. The van der Waals surface area contributed by atoms with E-state index in [0.29, 0.717) is 18.6 Å². The van der Waals surface area contributed by atoms with Crippen molar-refractivity contribution < 1.29 is 9.53 Å². The van der Waals surface area contributed by atoms with Gasteiger partial charge in [-0.2, -0.15) is 5.26 Å². The van der Waals surface area contributed by atoms with E-state index in [0.717, 1.165) is 12.1 Å². The van der Waals surface area contributed by atoms with Crippen molar-refractivity contribution in [1.29, 1.82) is 5.26 Å². The van der Waals surface area contributed by atoms with Crippen LogP contribution >= 0.6 is 0 Å². The molecule has 0 aliphatic carbocycles. The van der Waals surface area contributed by atoms with Gasteiger partial charge in [0.1, 0.15) is 12.1 Å². The van der Waals surface area contributed by atoms with Gasteiger partial charge in [0.2, 0.25) is 0 Å². The molecule has 0 aliphatic heterocycles. The Balaban J connectivity index is 3.02. The first kappa shape index (κ1) is 15.0. The van der Waals surface area contributed by atoms with Crippen molar-refractivity contribution in [2.75, 3.05) is 18.6 Å². The van der Waals surface area contributed by atoms with E-state index < -0.39 is 0 Å². The number of ether oxygens (including phenoxy) is 1. The summed E-state index contributed by atoms with van der Waals surface area (Å²) in [6.07, 6.45) is 1.58. The Hall–Kier alpha value is -2.02. The number of nitriles is 1. The molecule has 19 heavy (non-hydrogen) atoms. The minimum Gasteiger partial charge on any atom is -0.464 e. The molecule has 1 rings (SSSR count). The van der Waals surface area contributed by atoms with E-state index in [4.69, 9.17) is 10.00 Å². The molecule has 0 amide bonds. The number of esters is 1. The number of carbonyl (C=O) groups is 1. The second kappa shape index (κ2) is 7.42. The summed E-state index contributed by atoms with van der Waals surface area (Å²) in [6.45, 7) is 4.19. The number of hydrogen-bond acceptors (Lipinski definition) is 4. The molecule has 0 fully saturated rings. The molecule has 0 heterocycles. The lowest BCUT2D eigenvalue weighted by atomic mass is 10.1. The molecule has 0 aromatic heterocycles. The summed E-state index contributed by atoms with van der Waals surface area (Å²) in [6, 6.07) is 9.08. The predicted molar refractivity (Wildman–Crippen MR) is 74.9 cm³/mol. The molecule has 0 spiro atoms. The van der Waals surface area contributed by atoms with Crippen molar-refractivity contribution in [1.82, 2.24) is 0 Å². The Labute approximate surface area is 114 Å². The van der Waals surface area contributed by atoms with Gasteiger partial charge in [-0.1, -0.05) is 25.5 Å². The van der Waals surface area contributed by atoms with Gasteiger partial charge in [0.25, 0.3) is 0 Å². The minimum absolute atomic E-state index is 0.236. The van der Waals surface area contributed by atoms with Crippen molar-refractivity contribution in [2.45, 2.75) is 32.7 Å². The van der Waals surface area contributed by atoms with Crippen LogP contribution in [-0.2, 0) is 9.53 Å². The van der Waals surface area contributed by atoms with E-state index in [2.05, 4.69) is 6.07 Å². The molecule has 102 valence electrons. The largest absolute Gasteiger partial charge is 0.464 e. The van der Waals surface area contributed by atoms with Crippen molar-refractivity contribution in [3.63, 3.8) is 0 Å². The molecule has 4 nitrogen and oxygen atoms in total. The standard InChI is InChI=1S/C15H20N2O2/c1-4-8-14(15(18)19-5-2)17(3)13-10-7-6-9-12(13)11-16/h6-7,9-10,14H,4-5,8H2,1-3H3. The maximum absolute atomic E-state index is 12.0. The summed E-state index contributed by atoms with van der Waals surface area (Å²) in [5.74, 6) is -0.236. The predicted octanol–water partition coefficient (Wildman–Crippen LogP) is 2.73. The Kier molecular flexibility index (Phi) is 5.87. The lowest BCUT2D eigenvalue weighted by Gasteiger charge is -2.28. The van der Waals surface area contributed by atoms with Crippen LogP contribution in [0.3, 0.4) is 0 Å². The zero-order chi connectivity index (χ0) is 14.3. The third-order valence-corrected chi connectivity index (χ3v) is 2.99. The zero-order valence-corrected chi connectivity index (χ0v) is 11.7. The quantitative estimate of drug-likeness (QED) is 0.738. The molecule has 1 atom stereocenters. The fraction of sp³-hybridized carbons (Fsp3) is 0.467. The van der Waals surface area contributed by atoms with Gasteiger partial charge < -0.3 is 9.64 Å². The molecule has 1 aromatic rings. The minimum atomic E-state index is -0.348. The van der Waals surface area contributed by atoms with E-state index in [1.54, 1.807) is 13.0 Å². The number of anilines is 1. The van der Waals surface area contributed by atoms with E-state index in [-0.39, 0.29) is 12.0 Å². The van der Waals surface area contributed by atoms with Crippen molar-refractivity contribution in [3.8, 4) is 6.07 Å². The molecule has 0 saturated carbocycles. The van der Waals surface area contributed by atoms with Gasteiger partial charge in [0.05, 0.1) is 17.9 Å². The molecule has 0 N–H and O–H groups in total. The summed E-state index contributed by atoms with van der Waals surface area (Å²) in [5, 5.41) is 9.13. The van der Waals surface area contributed by atoms with Gasteiger partial charge in [-0.3, -0.25) is 0 Å². The second-order valence-electron chi connectivity index (χ2n) is 4.30. The van der Waals surface area contributed by atoms with Gasteiger partial charge in [-0.15, -0.1) is 0 Å². The maximum Gasteiger partial charge on any atom is 0.328 e. The van der Waals surface area contributed by atoms with Gasteiger partial charge in [0, 0.05) is 7.05 Å². The SMILES string of the molecule is CCCC(C(=O)OCC)N(C)c1ccccc1C#N. The van der Waals surface area contributed by atoms with Crippen LogP contribution in [0.4, 0.5) is 5.69 Å². The van der Waals surface area contributed by atoms with Gasteiger partial charge in [-0.25, -0.2) is 4.79 Å². The fourth-order valence-electron chi connectivity index (χ4n) is 2.03. The highest BCUT2D eigenvalue weighted by Crippen LogP contribution is 2.22. The number of benzene rings is 1. The highest BCUT2D eigenvalue weighted by Gasteiger charge is 2.25. The third kappa shape index (κ3) is 3.72. The highest BCUT2D eigenvalue weighted by atomic mass is 16.5. The van der Waals surface area contributed by atoms with E-state index in [1.807, 2.05) is 37.1 Å². The molecular formula is C15H20N2O2. The second-order valence-corrected chi connectivity index (χ2v) is 4.30. The smallest absolute Gasteiger partial charge is 0.328 e. The first-order valence-electron chi connectivity index (χ1n) is 6.54. The van der Waals surface area contributed by atoms with Crippen LogP contribution in [0.25, 0.3) is 0 Å². The van der Waals surface area contributed by atoms with Crippen LogP contribution in [0.1, 0.15) is 32.3 Å². The van der Waals surface area contributed by atoms with Crippen LogP contribution in [0.2, 0.25) is 0 Å². The number of likely N-dealkylation sites (N-methyl/N-ethyl adjacent to an activating group) is 1. The van der Waals surface area contributed by atoms with Gasteiger partial charge in [0.15, 0.2) is 0 Å². The highest BCUT2D eigenvalue weighted by molar-refractivity contribution is 5.80. The summed E-state index contributed by atoms with van der Waals surface area (Å²) < 4.78 is 5.11. The van der Waals surface area contributed by atoms with Crippen LogP contribution in [0, 0.1) is 11.3 Å². The summed E-state index contributed by atoms with van der Waals surface area (Å²) in [5.41, 5.74) is 1.33. The molecule has 0 bridgehead atoms. The number of para-hydroxylation sites is 1. The molecule has 0 aliphatic rings. The lowest BCUT2D eigenvalue weighted by molar-refractivity contribution is -0.144. The zero-order valence-electron chi connectivity index (χ0n) is 11.7. The number of carbonyl (C=O) groups excluding carboxylic acids is 1. The first-order valence-corrected chi connectivity index (χ1v) is 6.54. The Morgan fingerprint density at radius 3 is 2.68 bits per heavy atom. The van der Waals surface area contributed by atoms with Crippen molar-refractivity contribution in [3.05, 3.63) is 29.8 Å². The Morgan fingerprint density at radius 1 is 1.42 bits per heavy atom. The van der Waals surface area contributed by atoms with E-state index in [1.165, 1.54) is 0 Å². The molecule has 1 unspecified atom stereocenters. The summed E-state index contributed by atoms with van der Waals surface area (Å²) >= 11 is 0. The molecule has 4 heteroatoms. The number of nitrogens with zero attached hydrogens (tertiary/aromatic N) is 2. The Morgan fingerprint density at radius 2 is 2.11 bits per heavy atom. The fourth-order valence-corrected chi connectivity index (χ4v) is 2.03. The molecule has 0 radical (unpaired) electrons. The van der Waals surface area contributed by atoms with Crippen molar-refractivity contribution in [2.24, 2.45) is 0 Å². The number of hydrogen-bond donors (Lipinski definition) is 0. The van der Waals surface area contributed by atoms with E-state index >= 15 is 0 Å². The van der Waals surface area contributed by atoms with E-state index in [9.17, 15) is 4.79 Å². The van der Waals surface area contributed by atoms with Crippen LogP contribution in [0.5, 0.6) is 0 Å². The van der Waals surface area contributed by atoms with Gasteiger partial charge >= 0.3 is 5.97 Å². The molecule has 0 saturated heterocycles. The Bertz CT molecular complexity index is 465. The molecular weight excluding hydrogens is 240 g/mol. The van der Waals surface area contributed by atoms with Crippen LogP contribution in [0.15, 0.2) is 24.3 Å².